The summed E-state index contributed by atoms with van der Waals surface area (Å²) < 4.78 is 0. The van der Waals surface area contributed by atoms with Crippen molar-refractivity contribution in [3.05, 3.63) is 11.9 Å². The van der Waals surface area contributed by atoms with Crippen LogP contribution in [-0.2, 0) is 0 Å². The second-order valence-corrected chi connectivity index (χ2v) is 5.58. The zero-order valence-electron chi connectivity index (χ0n) is 12.3. The van der Waals surface area contributed by atoms with E-state index in [4.69, 9.17) is 0 Å². The van der Waals surface area contributed by atoms with Crippen LogP contribution < -0.4 is 10.6 Å². The minimum Gasteiger partial charge on any atom is -0.370 e. The van der Waals surface area contributed by atoms with Crippen LogP contribution in [0.5, 0.6) is 0 Å². The number of aryl methyl sites for hydroxylation is 1. The number of thioether (sulfide) groups is 1. The van der Waals surface area contributed by atoms with E-state index in [1.165, 1.54) is 25.0 Å². The zero-order chi connectivity index (χ0) is 13.9. The molecule has 0 aliphatic carbocycles. The van der Waals surface area contributed by atoms with Gasteiger partial charge in [-0.25, -0.2) is 9.97 Å². The Labute approximate surface area is 121 Å². The summed E-state index contributed by atoms with van der Waals surface area (Å²) in [5, 5.41) is 6.68. The SMILES string of the molecule is CCCNc1cc(NCCCCCSC)nc(C)n1. The molecule has 0 aliphatic rings. The zero-order valence-corrected chi connectivity index (χ0v) is 13.1. The minimum absolute atomic E-state index is 0.811. The van der Waals surface area contributed by atoms with Gasteiger partial charge in [0.1, 0.15) is 17.5 Å². The number of nitrogens with zero attached hydrogens (tertiary/aromatic N) is 2. The molecule has 1 aromatic rings. The van der Waals surface area contributed by atoms with Crippen LogP contribution in [-0.4, -0.2) is 35.1 Å². The quantitative estimate of drug-likeness (QED) is 0.643. The number of unbranched alkanes of at least 4 members (excludes halogenated alkanes) is 2. The van der Waals surface area contributed by atoms with Crippen molar-refractivity contribution in [1.82, 2.24) is 9.97 Å². The number of hydrogen-bond acceptors (Lipinski definition) is 5. The number of hydrogen-bond donors (Lipinski definition) is 2. The topological polar surface area (TPSA) is 49.8 Å². The summed E-state index contributed by atoms with van der Waals surface area (Å²) >= 11 is 1.92. The number of nitrogens with one attached hydrogen (secondary N) is 2. The molecule has 5 heteroatoms. The summed E-state index contributed by atoms with van der Waals surface area (Å²) in [4.78, 5) is 8.78. The molecule has 0 saturated carbocycles. The van der Waals surface area contributed by atoms with E-state index < -0.39 is 0 Å². The molecule has 1 aromatic heterocycles. The van der Waals surface area contributed by atoms with E-state index in [1.54, 1.807) is 0 Å². The van der Waals surface area contributed by atoms with Crippen LogP contribution in [0.1, 0.15) is 38.4 Å². The molecule has 0 aliphatic heterocycles. The van der Waals surface area contributed by atoms with Crippen LogP contribution >= 0.6 is 11.8 Å². The van der Waals surface area contributed by atoms with Crippen LogP contribution in [0.4, 0.5) is 11.6 Å². The Bertz CT molecular complexity index is 357. The summed E-state index contributed by atoms with van der Waals surface area (Å²) in [6, 6.07) is 1.99. The Balaban J connectivity index is 2.34. The molecular weight excluding hydrogens is 256 g/mol. The molecule has 0 spiro atoms. The van der Waals surface area contributed by atoms with Crippen LogP contribution in [0.2, 0.25) is 0 Å². The predicted octanol–water partition coefficient (Wildman–Crippen LogP) is 3.55. The first-order valence-corrected chi connectivity index (χ1v) is 8.48. The van der Waals surface area contributed by atoms with Crippen LogP contribution in [0.3, 0.4) is 0 Å². The van der Waals surface area contributed by atoms with Gasteiger partial charge in [-0.1, -0.05) is 13.3 Å². The Morgan fingerprint density at radius 3 is 2.37 bits per heavy atom. The first kappa shape index (κ1) is 16.1. The lowest BCUT2D eigenvalue weighted by Crippen LogP contribution is -2.08. The van der Waals surface area contributed by atoms with Gasteiger partial charge >= 0.3 is 0 Å². The summed E-state index contributed by atoms with van der Waals surface area (Å²) in [7, 11) is 0. The van der Waals surface area contributed by atoms with Crippen molar-refractivity contribution in [1.29, 1.82) is 0 Å². The first-order chi connectivity index (χ1) is 9.26. The van der Waals surface area contributed by atoms with Crippen molar-refractivity contribution in [3.8, 4) is 0 Å². The molecule has 108 valence electrons. The average Bonchev–Trinajstić information content (AvgIpc) is 2.40. The van der Waals surface area contributed by atoms with Crippen molar-refractivity contribution >= 4 is 23.4 Å². The molecule has 19 heavy (non-hydrogen) atoms. The fourth-order valence-electron chi connectivity index (χ4n) is 1.77. The van der Waals surface area contributed by atoms with Gasteiger partial charge in [-0.05, 0) is 38.2 Å². The molecule has 2 N–H and O–H groups in total. The molecule has 0 amide bonds. The Kier molecular flexibility index (Phi) is 8.38. The standard InChI is InChI=1S/C14H26N4S/c1-4-8-15-13-11-14(18-12(2)17-13)16-9-6-5-7-10-19-3/h11H,4-10H2,1-3H3,(H2,15,16,17,18). The second-order valence-electron chi connectivity index (χ2n) is 4.59. The lowest BCUT2D eigenvalue weighted by Gasteiger charge is -2.09. The van der Waals surface area contributed by atoms with E-state index in [0.29, 0.717) is 0 Å². The van der Waals surface area contributed by atoms with Crippen molar-refractivity contribution in [2.24, 2.45) is 0 Å². The molecule has 4 nitrogen and oxygen atoms in total. The fraction of sp³-hybridized carbons (Fsp3) is 0.714. The van der Waals surface area contributed by atoms with Crippen molar-refractivity contribution < 1.29 is 0 Å². The largest absolute Gasteiger partial charge is 0.370 e. The van der Waals surface area contributed by atoms with E-state index in [0.717, 1.165) is 37.0 Å². The van der Waals surface area contributed by atoms with Crippen LogP contribution in [0.25, 0.3) is 0 Å². The second kappa shape index (κ2) is 9.89. The average molecular weight is 282 g/mol. The monoisotopic (exact) mass is 282 g/mol. The minimum atomic E-state index is 0.811. The third-order valence-corrected chi connectivity index (χ3v) is 3.42. The lowest BCUT2D eigenvalue weighted by molar-refractivity contribution is 0.747. The smallest absolute Gasteiger partial charge is 0.131 e. The van der Waals surface area contributed by atoms with Crippen LogP contribution in [0, 0.1) is 6.92 Å². The van der Waals surface area contributed by atoms with Gasteiger partial charge in [0.25, 0.3) is 0 Å². The molecule has 0 bridgehead atoms. The molecule has 0 atom stereocenters. The predicted molar refractivity (Wildman–Crippen MR) is 86.3 cm³/mol. The fourth-order valence-corrected chi connectivity index (χ4v) is 2.26. The maximum absolute atomic E-state index is 4.41. The van der Waals surface area contributed by atoms with E-state index in [9.17, 15) is 0 Å². The van der Waals surface area contributed by atoms with Crippen molar-refractivity contribution in [2.45, 2.75) is 39.5 Å². The van der Waals surface area contributed by atoms with E-state index in [1.807, 2.05) is 24.8 Å². The maximum Gasteiger partial charge on any atom is 0.131 e. The van der Waals surface area contributed by atoms with Gasteiger partial charge in [-0.2, -0.15) is 11.8 Å². The number of rotatable bonds is 10. The van der Waals surface area contributed by atoms with Crippen LogP contribution in [0.15, 0.2) is 6.07 Å². The van der Waals surface area contributed by atoms with Gasteiger partial charge in [0.15, 0.2) is 0 Å². The molecule has 0 radical (unpaired) electrons. The Morgan fingerprint density at radius 1 is 1.05 bits per heavy atom. The van der Waals surface area contributed by atoms with Gasteiger partial charge in [0, 0.05) is 19.2 Å². The number of anilines is 2. The van der Waals surface area contributed by atoms with Gasteiger partial charge in [-0.15, -0.1) is 0 Å². The van der Waals surface area contributed by atoms with E-state index in [-0.39, 0.29) is 0 Å². The molecule has 0 unspecified atom stereocenters. The van der Waals surface area contributed by atoms with Gasteiger partial charge in [0.05, 0.1) is 0 Å². The van der Waals surface area contributed by atoms with Gasteiger partial charge < -0.3 is 10.6 Å². The van der Waals surface area contributed by atoms with Crippen molar-refractivity contribution in [2.75, 3.05) is 35.7 Å². The third kappa shape index (κ3) is 7.25. The Hall–Kier alpha value is -0.970. The molecule has 1 rings (SSSR count). The highest BCUT2D eigenvalue weighted by Gasteiger charge is 2.00. The highest BCUT2D eigenvalue weighted by molar-refractivity contribution is 7.98. The van der Waals surface area contributed by atoms with Gasteiger partial charge in [-0.3, -0.25) is 0 Å². The molecule has 0 saturated heterocycles. The molecule has 0 fully saturated rings. The number of aromatic nitrogens is 2. The summed E-state index contributed by atoms with van der Waals surface area (Å²) in [5.74, 6) is 3.92. The summed E-state index contributed by atoms with van der Waals surface area (Å²) in [5.41, 5.74) is 0. The molecular formula is C14H26N4S. The normalized spacial score (nSPS) is 10.5. The first-order valence-electron chi connectivity index (χ1n) is 7.08. The molecule has 1 heterocycles. The van der Waals surface area contributed by atoms with Gasteiger partial charge in [0.2, 0.25) is 0 Å². The maximum atomic E-state index is 4.41. The lowest BCUT2D eigenvalue weighted by atomic mass is 10.2. The van der Waals surface area contributed by atoms with E-state index >= 15 is 0 Å². The Morgan fingerprint density at radius 2 is 1.74 bits per heavy atom. The molecule has 0 aromatic carbocycles. The van der Waals surface area contributed by atoms with Crippen molar-refractivity contribution in [3.63, 3.8) is 0 Å². The highest BCUT2D eigenvalue weighted by atomic mass is 32.2. The highest BCUT2D eigenvalue weighted by Crippen LogP contribution is 2.11. The van der Waals surface area contributed by atoms with E-state index in [2.05, 4.69) is 33.8 Å². The summed E-state index contributed by atoms with van der Waals surface area (Å²) in [6.07, 6.45) is 7.03. The third-order valence-electron chi connectivity index (χ3n) is 2.73. The summed E-state index contributed by atoms with van der Waals surface area (Å²) in [6.45, 7) is 6.01.